The first kappa shape index (κ1) is 20.1. The van der Waals surface area contributed by atoms with Crippen LogP contribution < -0.4 is 5.32 Å². The third-order valence-electron chi connectivity index (χ3n) is 4.67. The number of halogens is 1. The summed E-state index contributed by atoms with van der Waals surface area (Å²) in [5.74, 6) is -0.130. The summed E-state index contributed by atoms with van der Waals surface area (Å²) in [7, 11) is 0. The largest absolute Gasteiger partial charge is 0.338 e. The van der Waals surface area contributed by atoms with Crippen molar-refractivity contribution in [1.29, 1.82) is 0 Å². The fourth-order valence-corrected chi connectivity index (χ4v) is 3.98. The van der Waals surface area contributed by atoms with E-state index >= 15 is 0 Å². The van der Waals surface area contributed by atoms with Crippen LogP contribution in [0.25, 0.3) is 0 Å². The van der Waals surface area contributed by atoms with Crippen molar-refractivity contribution in [2.24, 2.45) is 5.92 Å². The van der Waals surface area contributed by atoms with Gasteiger partial charge in [-0.15, -0.1) is 18.3 Å². The van der Waals surface area contributed by atoms with E-state index in [4.69, 9.17) is 0 Å². The molecule has 1 unspecified atom stereocenters. The second-order valence-corrected chi connectivity index (χ2v) is 7.74. The van der Waals surface area contributed by atoms with Crippen molar-refractivity contribution in [1.82, 2.24) is 4.90 Å². The summed E-state index contributed by atoms with van der Waals surface area (Å²) in [4.78, 5) is 28.2. The maximum Gasteiger partial charge on any atom is 0.253 e. The Hall–Kier alpha value is -2.60. The van der Waals surface area contributed by atoms with Crippen molar-refractivity contribution < 1.29 is 14.0 Å². The van der Waals surface area contributed by atoms with Crippen molar-refractivity contribution in [3.8, 4) is 0 Å². The van der Waals surface area contributed by atoms with Crippen LogP contribution in [0.5, 0.6) is 0 Å². The Morgan fingerprint density at radius 2 is 1.96 bits per heavy atom. The number of nitrogens with zero attached hydrogens (tertiary/aromatic N) is 1. The lowest BCUT2D eigenvalue weighted by molar-refractivity contribution is -0.121. The van der Waals surface area contributed by atoms with Crippen LogP contribution >= 0.6 is 11.8 Å². The van der Waals surface area contributed by atoms with Crippen LogP contribution in [0.2, 0.25) is 0 Å². The quantitative estimate of drug-likeness (QED) is 0.572. The van der Waals surface area contributed by atoms with Gasteiger partial charge in [0.25, 0.3) is 5.91 Å². The number of anilines is 1. The van der Waals surface area contributed by atoms with Gasteiger partial charge in [0.2, 0.25) is 5.91 Å². The molecule has 2 aromatic carbocycles. The van der Waals surface area contributed by atoms with E-state index in [2.05, 4.69) is 11.9 Å². The normalized spacial score (nSPS) is 16.5. The number of para-hydroxylation sites is 1. The Bertz CT molecular complexity index is 854. The lowest BCUT2D eigenvalue weighted by atomic mass is 9.96. The van der Waals surface area contributed by atoms with Crippen molar-refractivity contribution in [2.75, 3.05) is 24.2 Å². The van der Waals surface area contributed by atoms with Crippen molar-refractivity contribution in [3.63, 3.8) is 0 Å². The average molecular weight is 399 g/mol. The first-order valence-electron chi connectivity index (χ1n) is 9.27. The number of thioether (sulfide) groups is 1. The van der Waals surface area contributed by atoms with Gasteiger partial charge in [-0.05, 0) is 49.2 Å². The third kappa shape index (κ3) is 5.01. The van der Waals surface area contributed by atoms with E-state index < -0.39 is 0 Å². The molecule has 3 rings (SSSR count). The Morgan fingerprint density at radius 3 is 2.71 bits per heavy atom. The monoisotopic (exact) mass is 398 g/mol. The summed E-state index contributed by atoms with van der Waals surface area (Å²) in [6, 6.07) is 13.2. The van der Waals surface area contributed by atoms with Gasteiger partial charge in [0, 0.05) is 29.3 Å². The van der Waals surface area contributed by atoms with Crippen molar-refractivity contribution in [3.05, 3.63) is 72.6 Å². The molecule has 0 bridgehead atoms. The Kier molecular flexibility index (Phi) is 6.87. The molecular formula is C22H23FN2O2S. The minimum atomic E-state index is -0.375. The molecule has 2 amide bonds. The van der Waals surface area contributed by atoms with E-state index in [1.807, 2.05) is 30.3 Å². The van der Waals surface area contributed by atoms with Gasteiger partial charge in [-0.2, -0.15) is 0 Å². The molecule has 0 spiro atoms. The Balaban J connectivity index is 1.65. The molecule has 0 saturated carbocycles. The van der Waals surface area contributed by atoms with Gasteiger partial charge in [-0.25, -0.2) is 4.39 Å². The maximum atomic E-state index is 13.1. The molecule has 1 saturated heterocycles. The van der Waals surface area contributed by atoms with E-state index in [1.165, 1.54) is 24.3 Å². The average Bonchev–Trinajstić information content (AvgIpc) is 2.73. The fraction of sp³-hybridized carbons (Fsp3) is 0.273. The van der Waals surface area contributed by atoms with Gasteiger partial charge >= 0.3 is 0 Å². The van der Waals surface area contributed by atoms with E-state index in [1.54, 1.807) is 16.7 Å². The van der Waals surface area contributed by atoms with E-state index in [9.17, 15) is 14.0 Å². The molecule has 2 aromatic rings. The fourth-order valence-electron chi connectivity index (χ4n) is 3.23. The number of likely N-dealkylation sites (tertiary alicyclic amines) is 1. The minimum absolute atomic E-state index is 0.0803. The molecular weight excluding hydrogens is 375 g/mol. The lowest BCUT2D eigenvalue weighted by Crippen LogP contribution is -2.43. The molecule has 1 aliphatic rings. The summed E-state index contributed by atoms with van der Waals surface area (Å²) in [6.45, 7) is 4.70. The predicted molar refractivity (Wildman–Crippen MR) is 111 cm³/mol. The van der Waals surface area contributed by atoms with E-state index in [-0.39, 0.29) is 23.5 Å². The second kappa shape index (κ2) is 9.55. The zero-order valence-electron chi connectivity index (χ0n) is 15.6. The third-order valence-corrected chi connectivity index (χ3v) is 5.74. The molecule has 28 heavy (non-hydrogen) atoms. The highest BCUT2D eigenvalue weighted by atomic mass is 32.2. The number of rotatable bonds is 6. The molecule has 1 atom stereocenters. The second-order valence-electron chi connectivity index (χ2n) is 6.68. The van der Waals surface area contributed by atoms with Crippen LogP contribution in [0.15, 0.2) is 66.1 Å². The van der Waals surface area contributed by atoms with Gasteiger partial charge in [0.1, 0.15) is 5.82 Å². The van der Waals surface area contributed by atoms with Crippen LogP contribution in [-0.2, 0) is 4.79 Å². The maximum absolute atomic E-state index is 13.1. The van der Waals surface area contributed by atoms with Crippen LogP contribution in [0.1, 0.15) is 23.2 Å². The standard InChI is InChI=1S/C22H23FN2O2S/c1-2-14-28-20-8-4-3-7-19(20)24-21(26)17-6-5-13-25(15-17)22(27)16-9-11-18(23)12-10-16/h2-4,7-12,17H,1,5-6,13-15H2,(H,24,26). The molecule has 1 fully saturated rings. The minimum Gasteiger partial charge on any atom is -0.338 e. The number of benzene rings is 2. The number of carbonyl (C=O) groups is 2. The zero-order valence-corrected chi connectivity index (χ0v) is 16.4. The smallest absolute Gasteiger partial charge is 0.253 e. The summed E-state index contributed by atoms with van der Waals surface area (Å²) >= 11 is 1.61. The first-order valence-corrected chi connectivity index (χ1v) is 10.3. The summed E-state index contributed by atoms with van der Waals surface area (Å²) in [5.41, 5.74) is 1.22. The number of carbonyl (C=O) groups excluding carboxylic acids is 2. The van der Waals surface area contributed by atoms with Gasteiger partial charge in [0.05, 0.1) is 11.6 Å². The van der Waals surface area contributed by atoms with Crippen LogP contribution in [0, 0.1) is 11.7 Å². The van der Waals surface area contributed by atoms with Gasteiger partial charge in [0.15, 0.2) is 0 Å². The summed E-state index contributed by atoms with van der Waals surface area (Å²) < 4.78 is 13.1. The highest BCUT2D eigenvalue weighted by molar-refractivity contribution is 7.99. The molecule has 1 heterocycles. The van der Waals surface area contributed by atoms with Crippen LogP contribution in [-0.4, -0.2) is 35.6 Å². The molecule has 4 nitrogen and oxygen atoms in total. The van der Waals surface area contributed by atoms with Crippen molar-refractivity contribution in [2.45, 2.75) is 17.7 Å². The molecule has 0 aliphatic carbocycles. The molecule has 1 N–H and O–H groups in total. The number of hydrogen-bond donors (Lipinski definition) is 1. The number of hydrogen-bond acceptors (Lipinski definition) is 3. The van der Waals surface area contributed by atoms with Gasteiger partial charge in [-0.3, -0.25) is 9.59 Å². The van der Waals surface area contributed by atoms with Crippen molar-refractivity contribution >= 4 is 29.3 Å². The highest BCUT2D eigenvalue weighted by Crippen LogP contribution is 2.28. The number of amides is 2. The predicted octanol–water partition coefficient (Wildman–Crippen LogP) is 4.59. The molecule has 0 radical (unpaired) electrons. The van der Waals surface area contributed by atoms with Gasteiger partial charge in [-0.1, -0.05) is 18.2 Å². The molecule has 1 aliphatic heterocycles. The SMILES string of the molecule is C=CCSc1ccccc1NC(=O)C1CCCN(C(=O)c2ccc(F)cc2)C1. The van der Waals surface area contributed by atoms with E-state index in [0.29, 0.717) is 18.7 Å². The molecule has 6 heteroatoms. The van der Waals surface area contributed by atoms with Crippen LogP contribution in [0.4, 0.5) is 10.1 Å². The Labute approximate surface area is 168 Å². The highest BCUT2D eigenvalue weighted by Gasteiger charge is 2.29. The molecule has 0 aromatic heterocycles. The summed E-state index contributed by atoms with van der Waals surface area (Å²) in [6.07, 6.45) is 3.32. The Morgan fingerprint density at radius 1 is 1.21 bits per heavy atom. The zero-order chi connectivity index (χ0) is 19.9. The first-order chi connectivity index (χ1) is 13.6. The van der Waals surface area contributed by atoms with E-state index in [0.717, 1.165) is 29.2 Å². The molecule has 146 valence electrons. The lowest BCUT2D eigenvalue weighted by Gasteiger charge is -2.32. The summed E-state index contributed by atoms with van der Waals surface area (Å²) in [5, 5.41) is 3.01. The van der Waals surface area contributed by atoms with Crippen LogP contribution in [0.3, 0.4) is 0 Å². The number of piperidine rings is 1. The number of nitrogens with one attached hydrogen (secondary N) is 1. The topological polar surface area (TPSA) is 49.4 Å². The van der Waals surface area contributed by atoms with Gasteiger partial charge < -0.3 is 10.2 Å².